The van der Waals surface area contributed by atoms with Gasteiger partial charge in [0.25, 0.3) is 5.91 Å². The Bertz CT molecular complexity index is 1410. The van der Waals surface area contributed by atoms with Crippen LogP contribution >= 0.6 is 0 Å². The third-order valence-corrected chi connectivity index (χ3v) is 9.93. The summed E-state index contributed by atoms with van der Waals surface area (Å²) in [6, 6.07) is 9.92. The molecule has 4 nitrogen and oxygen atoms in total. The number of nitrogens with one attached hydrogen (secondary N) is 1. The molecule has 3 aliphatic rings. The summed E-state index contributed by atoms with van der Waals surface area (Å²) >= 11 is 0. The zero-order valence-corrected chi connectivity index (χ0v) is 22.9. The molecule has 3 aromatic rings. The van der Waals surface area contributed by atoms with E-state index in [2.05, 4.69) is 26.1 Å². The van der Waals surface area contributed by atoms with Crippen LogP contribution in [0.4, 0.5) is 13.2 Å². The van der Waals surface area contributed by atoms with E-state index in [4.69, 9.17) is 5.10 Å². The quantitative estimate of drug-likeness (QED) is 0.349. The Kier molecular flexibility index (Phi) is 6.39. The second-order valence-corrected chi connectivity index (χ2v) is 12.8. The molecule has 2 saturated carbocycles. The lowest BCUT2D eigenvalue weighted by Gasteiger charge is -2.43. The zero-order chi connectivity index (χ0) is 27.5. The lowest BCUT2D eigenvalue weighted by Crippen LogP contribution is -2.52. The van der Waals surface area contributed by atoms with E-state index in [1.807, 2.05) is 0 Å². The third kappa shape index (κ3) is 4.48. The Morgan fingerprint density at radius 2 is 1.77 bits per heavy atom. The minimum atomic E-state index is -0.723. The molecule has 7 heteroatoms. The second-order valence-electron chi connectivity index (χ2n) is 12.8. The second kappa shape index (κ2) is 9.53. The molecular formula is C32H36F3N3O. The van der Waals surface area contributed by atoms with Gasteiger partial charge >= 0.3 is 0 Å². The molecule has 0 radical (unpaired) electrons. The highest BCUT2D eigenvalue weighted by molar-refractivity contribution is 5.94. The zero-order valence-electron chi connectivity index (χ0n) is 22.9. The molecule has 1 heterocycles. The van der Waals surface area contributed by atoms with Crippen molar-refractivity contribution in [2.24, 2.45) is 16.7 Å². The molecule has 39 heavy (non-hydrogen) atoms. The fourth-order valence-corrected chi connectivity index (χ4v) is 7.94. The maximum atomic E-state index is 15.2. The number of hydrogen-bond donors (Lipinski definition) is 1. The van der Waals surface area contributed by atoms with Gasteiger partial charge in [0.05, 0.1) is 5.69 Å². The van der Waals surface area contributed by atoms with Crippen LogP contribution in [-0.2, 0) is 12.8 Å². The first-order valence-electron chi connectivity index (χ1n) is 14.2. The highest BCUT2D eigenvalue weighted by atomic mass is 19.1. The number of fused-ring (bicyclic) bond motifs is 3. The Hall–Kier alpha value is -3.09. The van der Waals surface area contributed by atoms with Gasteiger partial charge in [0.2, 0.25) is 0 Å². The summed E-state index contributed by atoms with van der Waals surface area (Å²) in [7, 11) is 0. The SMILES string of the molecule is CC12CCC(C1)C(C)(C)[C@H]2NC(=O)c1nn(-c2ccc(F)cc2F)c2c1CCCCC2Cc1ccc(F)cc1. The van der Waals surface area contributed by atoms with Crippen molar-refractivity contribution < 1.29 is 18.0 Å². The van der Waals surface area contributed by atoms with E-state index in [-0.39, 0.29) is 40.2 Å². The molecule has 3 aliphatic carbocycles. The molecule has 4 atom stereocenters. The van der Waals surface area contributed by atoms with Crippen LogP contribution in [0, 0.1) is 34.2 Å². The summed E-state index contributed by atoms with van der Waals surface area (Å²) in [6.45, 7) is 6.77. The summed E-state index contributed by atoms with van der Waals surface area (Å²) in [4.78, 5) is 14.0. The minimum absolute atomic E-state index is 0.0175. The van der Waals surface area contributed by atoms with E-state index in [0.29, 0.717) is 24.5 Å². The molecular weight excluding hydrogens is 499 g/mol. The van der Waals surface area contributed by atoms with Crippen LogP contribution in [0.25, 0.3) is 5.69 Å². The van der Waals surface area contributed by atoms with Crippen molar-refractivity contribution in [1.82, 2.24) is 15.1 Å². The predicted octanol–water partition coefficient (Wildman–Crippen LogP) is 7.29. The Morgan fingerprint density at radius 1 is 1.03 bits per heavy atom. The molecule has 206 valence electrons. The molecule has 3 unspecified atom stereocenters. The first-order chi connectivity index (χ1) is 18.6. The standard InChI is InChI=1S/C32H36F3N3O/c1-31(2)21-14-15-32(3,18-21)30(31)36-29(39)27-24-7-5-4-6-20(16-19-8-10-22(33)11-9-19)28(24)38(37-27)26-13-12-23(34)17-25(26)35/h8-13,17,20-21,30H,4-7,14-16,18H2,1-3H3,(H,36,39)/t20?,21?,30-,32?/m1/s1. The summed E-state index contributed by atoms with van der Waals surface area (Å²) in [6.07, 6.45) is 7.33. The Morgan fingerprint density at radius 3 is 2.46 bits per heavy atom. The molecule has 0 spiro atoms. The van der Waals surface area contributed by atoms with Gasteiger partial charge in [0.15, 0.2) is 11.5 Å². The van der Waals surface area contributed by atoms with E-state index >= 15 is 4.39 Å². The first kappa shape index (κ1) is 26.1. The van der Waals surface area contributed by atoms with Gasteiger partial charge in [-0.1, -0.05) is 39.3 Å². The van der Waals surface area contributed by atoms with Crippen LogP contribution in [-0.4, -0.2) is 21.7 Å². The van der Waals surface area contributed by atoms with Gasteiger partial charge in [-0.3, -0.25) is 4.79 Å². The van der Waals surface area contributed by atoms with E-state index < -0.39 is 11.6 Å². The molecule has 1 N–H and O–H groups in total. The number of rotatable bonds is 5. The summed E-state index contributed by atoms with van der Waals surface area (Å²) in [5, 5.41) is 8.13. The maximum Gasteiger partial charge on any atom is 0.272 e. The van der Waals surface area contributed by atoms with Crippen LogP contribution in [0.3, 0.4) is 0 Å². The fraction of sp³-hybridized carbons (Fsp3) is 0.500. The first-order valence-corrected chi connectivity index (χ1v) is 14.2. The van der Waals surface area contributed by atoms with Crippen molar-refractivity contribution in [2.45, 2.75) is 84.1 Å². The predicted molar refractivity (Wildman–Crippen MR) is 144 cm³/mol. The Labute approximate surface area is 228 Å². The average molecular weight is 536 g/mol. The lowest BCUT2D eigenvalue weighted by atomic mass is 9.68. The van der Waals surface area contributed by atoms with Crippen LogP contribution in [0.2, 0.25) is 0 Å². The minimum Gasteiger partial charge on any atom is -0.347 e. The number of carbonyl (C=O) groups excluding carboxylic acids is 1. The number of nitrogens with zero attached hydrogens (tertiary/aromatic N) is 2. The Balaban J connectivity index is 1.43. The molecule has 6 rings (SSSR count). The maximum absolute atomic E-state index is 15.2. The number of halogens is 3. The molecule has 2 fully saturated rings. The van der Waals surface area contributed by atoms with Crippen LogP contribution < -0.4 is 5.32 Å². The number of hydrogen-bond acceptors (Lipinski definition) is 2. The number of aromatic nitrogens is 2. The molecule has 0 aliphatic heterocycles. The topological polar surface area (TPSA) is 46.9 Å². The highest BCUT2D eigenvalue weighted by Gasteiger charge is 2.59. The van der Waals surface area contributed by atoms with Crippen molar-refractivity contribution >= 4 is 5.91 Å². The van der Waals surface area contributed by atoms with Crippen LogP contribution in [0.5, 0.6) is 0 Å². The van der Waals surface area contributed by atoms with Crippen LogP contribution in [0.15, 0.2) is 42.5 Å². The average Bonchev–Trinajstić information content (AvgIpc) is 3.46. The van der Waals surface area contributed by atoms with Gasteiger partial charge in [-0.05, 0) is 91.5 Å². The lowest BCUT2D eigenvalue weighted by molar-refractivity contribution is 0.0732. The van der Waals surface area contributed by atoms with Crippen molar-refractivity contribution in [3.8, 4) is 5.69 Å². The third-order valence-electron chi connectivity index (χ3n) is 9.93. The number of benzene rings is 2. The highest BCUT2D eigenvalue weighted by Crippen LogP contribution is 2.62. The summed E-state index contributed by atoms with van der Waals surface area (Å²) in [5.74, 6) is -1.38. The van der Waals surface area contributed by atoms with Crippen molar-refractivity contribution in [3.63, 3.8) is 0 Å². The van der Waals surface area contributed by atoms with Gasteiger partial charge < -0.3 is 5.32 Å². The fourth-order valence-electron chi connectivity index (χ4n) is 7.94. The molecule has 2 aromatic carbocycles. The smallest absolute Gasteiger partial charge is 0.272 e. The number of amides is 1. The van der Waals surface area contributed by atoms with Gasteiger partial charge in [0, 0.05) is 23.6 Å². The molecule has 2 bridgehead atoms. The summed E-state index contributed by atoms with van der Waals surface area (Å²) < 4.78 is 44.1. The monoisotopic (exact) mass is 535 g/mol. The molecule has 0 saturated heterocycles. The van der Waals surface area contributed by atoms with Gasteiger partial charge in [0.1, 0.15) is 17.3 Å². The summed E-state index contributed by atoms with van der Waals surface area (Å²) in [5.41, 5.74) is 3.10. The van der Waals surface area contributed by atoms with E-state index in [1.54, 1.807) is 12.1 Å². The van der Waals surface area contributed by atoms with E-state index in [1.165, 1.54) is 35.4 Å². The normalized spacial score (nSPS) is 27.3. The van der Waals surface area contributed by atoms with Gasteiger partial charge in [-0.15, -0.1) is 0 Å². The van der Waals surface area contributed by atoms with Crippen molar-refractivity contribution in [1.29, 1.82) is 0 Å². The molecule has 1 amide bonds. The van der Waals surface area contributed by atoms with Crippen molar-refractivity contribution in [3.05, 3.63) is 82.4 Å². The molecule has 1 aromatic heterocycles. The van der Waals surface area contributed by atoms with E-state index in [9.17, 15) is 13.6 Å². The van der Waals surface area contributed by atoms with E-state index in [0.717, 1.165) is 55.0 Å². The largest absolute Gasteiger partial charge is 0.347 e. The van der Waals surface area contributed by atoms with Crippen molar-refractivity contribution in [2.75, 3.05) is 0 Å². The van der Waals surface area contributed by atoms with Gasteiger partial charge in [-0.25, -0.2) is 17.9 Å². The number of carbonyl (C=O) groups is 1. The van der Waals surface area contributed by atoms with Gasteiger partial charge in [-0.2, -0.15) is 5.10 Å². The van der Waals surface area contributed by atoms with Crippen LogP contribution in [0.1, 0.15) is 92.5 Å².